The Hall–Kier alpha value is -1.23. The summed E-state index contributed by atoms with van der Waals surface area (Å²) in [5.74, 6) is 0.391. The molecule has 0 aliphatic carbocycles. The summed E-state index contributed by atoms with van der Waals surface area (Å²) in [5.41, 5.74) is 0. The largest absolute Gasteiger partial charge is 0.506 e. The molecule has 0 radical (unpaired) electrons. The number of ether oxygens (including phenoxy) is 1. The molecule has 0 saturated heterocycles. The first kappa shape index (κ1) is 6.88. The second kappa shape index (κ2) is 3.07. The molecule has 1 rings (SSSR count). The molecule has 0 atom stereocenters. The number of carbonyl (C=O) groups is 1. The van der Waals surface area contributed by atoms with Crippen LogP contribution >= 0.6 is 0 Å². The molecule has 10 heavy (non-hydrogen) atoms. The minimum atomic E-state index is -1.32. The van der Waals surface area contributed by atoms with Crippen LogP contribution in [0.3, 0.4) is 0 Å². The van der Waals surface area contributed by atoms with Gasteiger partial charge in [0.2, 0.25) is 0 Å². The third kappa shape index (κ3) is 1.94. The number of hydrogen-bond donors (Lipinski definition) is 1. The summed E-state index contributed by atoms with van der Waals surface area (Å²) < 4.78 is 4.17. The first-order valence-electron chi connectivity index (χ1n) is 2.63. The highest BCUT2D eigenvalue weighted by molar-refractivity contribution is 5.56. The first-order chi connectivity index (χ1) is 4.79. The zero-order valence-corrected chi connectivity index (χ0v) is 5.07. The highest BCUT2D eigenvalue weighted by atomic mass is 17.2. The third-order valence-electron chi connectivity index (χ3n) is 0.883. The Morgan fingerprint density at radius 1 is 1.90 bits per heavy atom. The van der Waals surface area contributed by atoms with E-state index in [0.717, 1.165) is 0 Å². The van der Waals surface area contributed by atoms with E-state index in [2.05, 4.69) is 14.5 Å². The molecule has 56 valence electrons. The normalized spacial score (nSPS) is 15.8. The highest BCUT2D eigenvalue weighted by Crippen LogP contribution is 2.05. The summed E-state index contributed by atoms with van der Waals surface area (Å²) in [5, 5.41) is 8.03. The van der Waals surface area contributed by atoms with Crippen molar-refractivity contribution < 1.29 is 24.4 Å². The summed E-state index contributed by atoms with van der Waals surface area (Å²) in [4.78, 5) is 18.7. The fraction of sp³-hybridized carbons (Fsp3) is 0.400. The van der Waals surface area contributed by atoms with Gasteiger partial charge in [-0.05, 0) is 6.08 Å². The molecule has 0 spiro atoms. The van der Waals surface area contributed by atoms with E-state index in [-0.39, 0.29) is 6.61 Å². The van der Waals surface area contributed by atoms with Gasteiger partial charge in [0.15, 0.2) is 12.4 Å². The van der Waals surface area contributed by atoms with Crippen LogP contribution in [0, 0.1) is 0 Å². The van der Waals surface area contributed by atoms with E-state index in [1.165, 1.54) is 0 Å². The molecule has 0 aromatic rings. The summed E-state index contributed by atoms with van der Waals surface area (Å²) >= 11 is 0. The topological polar surface area (TPSA) is 65.0 Å². The Bertz CT molecular complexity index is 161. The average molecular weight is 146 g/mol. The third-order valence-corrected chi connectivity index (χ3v) is 0.883. The van der Waals surface area contributed by atoms with E-state index in [1.807, 2.05) is 0 Å². The molecule has 5 nitrogen and oxygen atoms in total. The lowest BCUT2D eigenvalue weighted by molar-refractivity contribution is -0.238. The van der Waals surface area contributed by atoms with Crippen LogP contribution in [0.5, 0.6) is 0 Å². The molecule has 0 aromatic heterocycles. The molecule has 0 fully saturated rings. The van der Waals surface area contributed by atoms with Gasteiger partial charge in [-0.1, -0.05) is 0 Å². The first-order valence-corrected chi connectivity index (χ1v) is 2.63. The highest BCUT2D eigenvalue weighted by Gasteiger charge is 2.08. The van der Waals surface area contributed by atoms with Gasteiger partial charge >= 0.3 is 6.16 Å². The molecule has 1 heterocycles. The van der Waals surface area contributed by atoms with Crippen molar-refractivity contribution in [1.82, 2.24) is 0 Å². The second-order valence-electron chi connectivity index (χ2n) is 1.59. The minimum absolute atomic E-state index is 0.0880. The van der Waals surface area contributed by atoms with Gasteiger partial charge in [0.25, 0.3) is 0 Å². The predicted octanol–water partition coefficient (Wildman–Crippen LogP) is 0.527. The van der Waals surface area contributed by atoms with Gasteiger partial charge in [0.05, 0.1) is 0 Å². The Balaban J connectivity index is 2.19. The van der Waals surface area contributed by atoms with Crippen molar-refractivity contribution in [2.75, 3.05) is 13.2 Å². The average Bonchev–Trinajstić information content (AvgIpc) is 2.34. The van der Waals surface area contributed by atoms with Gasteiger partial charge < -0.3 is 14.7 Å². The van der Waals surface area contributed by atoms with Gasteiger partial charge in [-0.25, -0.2) is 4.79 Å². The molecular formula is C5H6O5. The molecule has 0 saturated carbocycles. The Morgan fingerprint density at radius 2 is 2.70 bits per heavy atom. The fourth-order valence-corrected chi connectivity index (χ4v) is 0.487. The molecule has 0 unspecified atom stereocenters. The maximum absolute atomic E-state index is 9.81. The zero-order valence-electron chi connectivity index (χ0n) is 5.07. The zero-order chi connectivity index (χ0) is 7.40. The number of rotatable bonds is 2. The maximum atomic E-state index is 9.81. The Morgan fingerprint density at radius 3 is 3.20 bits per heavy atom. The molecule has 1 aliphatic rings. The van der Waals surface area contributed by atoms with Gasteiger partial charge in [-0.15, -0.1) is 0 Å². The van der Waals surface area contributed by atoms with E-state index >= 15 is 0 Å². The van der Waals surface area contributed by atoms with Crippen molar-refractivity contribution in [2.24, 2.45) is 0 Å². The van der Waals surface area contributed by atoms with Crippen LogP contribution < -0.4 is 0 Å². The van der Waals surface area contributed by atoms with Gasteiger partial charge in [-0.3, -0.25) is 0 Å². The molecule has 0 aromatic carbocycles. The second-order valence-corrected chi connectivity index (χ2v) is 1.59. The van der Waals surface area contributed by atoms with Gasteiger partial charge in [0.1, 0.15) is 6.61 Å². The summed E-state index contributed by atoms with van der Waals surface area (Å²) in [7, 11) is 0. The van der Waals surface area contributed by atoms with Crippen LogP contribution in [0.1, 0.15) is 0 Å². The molecule has 5 heteroatoms. The molecule has 0 amide bonds. The lowest BCUT2D eigenvalue weighted by Gasteiger charge is -1.98. The van der Waals surface area contributed by atoms with E-state index in [4.69, 9.17) is 5.11 Å². The smallest absolute Gasteiger partial charge is 0.450 e. The van der Waals surface area contributed by atoms with Gasteiger partial charge in [0, 0.05) is 0 Å². The van der Waals surface area contributed by atoms with Crippen LogP contribution in [0.2, 0.25) is 0 Å². The van der Waals surface area contributed by atoms with Crippen molar-refractivity contribution in [3.8, 4) is 0 Å². The lowest BCUT2D eigenvalue weighted by atomic mass is 10.5. The van der Waals surface area contributed by atoms with E-state index < -0.39 is 6.16 Å². The molecule has 0 bridgehead atoms. The summed E-state index contributed by atoms with van der Waals surface area (Å²) in [6.07, 6.45) is 0.277. The molecule has 1 aliphatic heterocycles. The van der Waals surface area contributed by atoms with E-state index in [1.54, 1.807) is 6.08 Å². The van der Waals surface area contributed by atoms with Crippen molar-refractivity contribution >= 4 is 6.16 Å². The summed E-state index contributed by atoms with van der Waals surface area (Å²) in [6.45, 7) is 0.258. The predicted molar refractivity (Wildman–Crippen MR) is 29.1 cm³/mol. The molecule has 1 N–H and O–H groups in total. The number of carboxylic acid groups (broad SMARTS) is 1. The molecular weight excluding hydrogens is 140 g/mol. The maximum Gasteiger partial charge on any atom is 0.506 e. The lowest BCUT2D eigenvalue weighted by Crippen LogP contribution is -2.03. The Kier molecular flexibility index (Phi) is 2.11. The van der Waals surface area contributed by atoms with Crippen molar-refractivity contribution in [3.63, 3.8) is 0 Å². The van der Waals surface area contributed by atoms with E-state index in [0.29, 0.717) is 12.4 Å². The monoisotopic (exact) mass is 146 g/mol. The van der Waals surface area contributed by atoms with Crippen LogP contribution in [0.25, 0.3) is 0 Å². The number of hydrogen-bond acceptors (Lipinski definition) is 4. The SMILES string of the molecule is O=C(O)OCC1=CCOO1. The summed E-state index contributed by atoms with van der Waals surface area (Å²) in [6, 6.07) is 0. The van der Waals surface area contributed by atoms with Crippen molar-refractivity contribution in [2.45, 2.75) is 0 Å². The van der Waals surface area contributed by atoms with E-state index in [9.17, 15) is 4.79 Å². The van der Waals surface area contributed by atoms with Crippen LogP contribution in [0.4, 0.5) is 4.79 Å². The Labute approximate surface area is 56.7 Å². The van der Waals surface area contributed by atoms with Crippen LogP contribution in [0.15, 0.2) is 11.8 Å². The minimum Gasteiger partial charge on any atom is -0.450 e. The van der Waals surface area contributed by atoms with Crippen LogP contribution in [-0.2, 0) is 14.5 Å². The van der Waals surface area contributed by atoms with Crippen molar-refractivity contribution in [1.29, 1.82) is 0 Å². The quantitative estimate of drug-likeness (QED) is 0.454. The fourth-order valence-electron chi connectivity index (χ4n) is 0.487. The van der Waals surface area contributed by atoms with Gasteiger partial charge in [-0.2, -0.15) is 4.89 Å². The van der Waals surface area contributed by atoms with Crippen LogP contribution in [-0.4, -0.2) is 24.5 Å². The van der Waals surface area contributed by atoms with Crippen molar-refractivity contribution in [3.05, 3.63) is 11.8 Å². The standard InChI is InChI=1S/C5H6O5/c6-5(7)8-3-4-1-2-9-10-4/h1H,2-3H2,(H,6,7).